The molecule has 6 nitrogen and oxygen atoms in total. The molecule has 1 amide bonds. The first-order valence-electron chi connectivity index (χ1n) is 6.43. The first kappa shape index (κ1) is 13.3. The van der Waals surface area contributed by atoms with Gasteiger partial charge < -0.3 is 15.7 Å². The summed E-state index contributed by atoms with van der Waals surface area (Å²) >= 11 is 1.61. The molecule has 1 aliphatic heterocycles. The summed E-state index contributed by atoms with van der Waals surface area (Å²) in [6.45, 7) is 4.43. The summed E-state index contributed by atoms with van der Waals surface area (Å²) in [5, 5.41) is 10.8. The van der Waals surface area contributed by atoms with Crippen LogP contribution < -0.4 is 10.6 Å². The van der Waals surface area contributed by atoms with Gasteiger partial charge in [0, 0.05) is 17.8 Å². The van der Waals surface area contributed by atoms with E-state index in [0.29, 0.717) is 18.8 Å². The topological polar surface area (TPSA) is 92.3 Å². The molecule has 3 rings (SSSR count). The molecule has 1 saturated heterocycles. The molecule has 106 valence electrons. The van der Waals surface area contributed by atoms with E-state index in [1.165, 1.54) is 11.2 Å². The number of aryl methyl sites for hydroxylation is 2. The van der Waals surface area contributed by atoms with Gasteiger partial charge in [-0.1, -0.05) is 0 Å². The number of thiophene rings is 1. The number of rotatable bonds is 2. The lowest BCUT2D eigenvalue weighted by Crippen LogP contribution is -2.40. The van der Waals surface area contributed by atoms with Crippen LogP contribution in [0.1, 0.15) is 16.9 Å². The number of β-amino-alcohol motifs (C(OH)–C–C–N with tert-alkyl or cyclic N) is 1. The Hall–Kier alpha value is -1.73. The number of carbonyl (C=O) groups excluding carboxylic acids is 1. The zero-order valence-electron chi connectivity index (χ0n) is 11.3. The molecule has 3 heterocycles. The first-order chi connectivity index (χ1) is 9.49. The van der Waals surface area contributed by atoms with Crippen molar-refractivity contribution in [3.63, 3.8) is 0 Å². The molecule has 0 radical (unpaired) electrons. The summed E-state index contributed by atoms with van der Waals surface area (Å²) in [6, 6.07) is -0.511. The highest BCUT2D eigenvalue weighted by atomic mass is 32.1. The molecule has 0 spiro atoms. The Morgan fingerprint density at radius 1 is 1.50 bits per heavy atom. The lowest BCUT2D eigenvalue weighted by atomic mass is 10.1. The van der Waals surface area contributed by atoms with Crippen molar-refractivity contribution in [2.45, 2.75) is 32.4 Å². The molecule has 2 aromatic heterocycles. The van der Waals surface area contributed by atoms with Crippen molar-refractivity contribution >= 4 is 33.3 Å². The second kappa shape index (κ2) is 4.68. The first-order valence-corrected chi connectivity index (χ1v) is 7.25. The van der Waals surface area contributed by atoms with Crippen molar-refractivity contribution in [2.75, 3.05) is 11.4 Å². The van der Waals surface area contributed by atoms with E-state index in [1.54, 1.807) is 16.2 Å². The quantitative estimate of drug-likeness (QED) is 0.851. The van der Waals surface area contributed by atoms with Crippen molar-refractivity contribution in [3.8, 4) is 0 Å². The molecule has 7 heteroatoms. The normalized spacial score (nSPS) is 22.6. The Balaban J connectivity index is 2.16. The van der Waals surface area contributed by atoms with Gasteiger partial charge in [-0.2, -0.15) is 0 Å². The molecular weight excluding hydrogens is 276 g/mol. The fraction of sp³-hybridized carbons (Fsp3) is 0.462. The number of aliphatic hydroxyl groups excluding tert-OH is 1. The second-order valence-electron chi connectivity index (χ2n) is 5.12. The van der Waals surface area contributed by atoms with Gasteiger partial charge in [0.2, 0.25) is 5.91 Å². The van der Waals surface area contributed by atoms with Crippen LogP contribution in [-0.4, -0.2) is 39.7 Å². The average molecular weight is 292 g/mol. The molecule has 1 aliphatic rings. The molecule has 0 bridgehead atoms. The van der Waals surface area contributed by atoms with E-state index >= 15 is 0 Å². The molecule has 1 fully saturated rings. The number of hydrogen-bond acceptors (Lipinski definition) is 6. The van der Waals surface area contributed by atoms with E-state index in [1.807, 2.05) is 13.8 Å². The maximum atomic E-state index is 11.6. The van der Waals surface area contributed by atoms with Crippen LogP contribution in [0.4, 0.5) is 5.82 Å². The third-order valence-electron chi connectivity index (χ3n) is 3.82. The molecule has 0 unspecified atom stereocenters. The molecular formula is C13H16N4O2S. The van der Waals surface area contributed by atoms with Gasteiger partial charge in [0.1, 0.15) is 23.0 Å². The van der Waals surface area contributed by atoms with Crippen molar-refractivity contribution in [3.05, 3.63) is 16.8 Å². The number of primary amides is 1. The van der Waals surface area contributed by atoms with E-state index in [4.69, 9.17) is 5.73 Å². The molecule has 0 saturated carbocycles. The van der Waals surface area contributed by atoms with Crippen molar-refractivity contribution in [1.82, 2.24) is 9.97 Å². The molecule has 0 aliphatic carbocycles. The zero-order chi connectivity index (χ0) is 14.4. The van der Waals surface area contributed by atoms with E-state index in [2.05, 4.69) is 9.97 Å². The van der Waals surface area contributed by atoms with Crippen LogP contribution >= 0.6 is 11.3 Å². The molecule has 3 N–H and O–H groups in total. The highest BCUT2D eigenvalue weighted by molar-refractivity contribution is 7.18. The molecule has 2 aromatic rings. The number of aromatic nitrogens is 2. The van der Waals surface area contributed by atoms with Gasteiger partial charge in [-0.15, -0.1) is 11.3 Å². The minimum atomic E-state index is -0.558. The van der Waals surface area contributed by atoms with Gasteiger partial charge >= 0.3 is 0 Å². The van der Waals surface area contributed by atoms with Gasteiger partial charge in [0.15, 0.2) is 0 Å². The summed E-state index contributed by atoms with van der Waals surface area (Å²) in [7, 11) is 0. The lowest BCUT2D eigenvalue weighted by molar-refractivity contribution is -0.119. The highest BCUT2D eigenvalue weighted by Gasteiger charge is 2.36. The maximum absolute atomic E-state index is 11.6. The Labute approximate surface area is 120 Å². The Bertz CT molecular complexity index is 684. The fourth-order valence-corrected chi connectivity index (χ4v) is 3.69. The Morgan fingerprint density at radius 3 is 2.95 bits per heavy atom. The van der Waals surface area contributed by atoms with Crippen LogP contribution in [0.25, 0.3) is 10.2 Å². The van der Waals surface area contributed by atoms with Crippen LogP contribution in [-0.2, 0) is 4.79 Å². The molecule has 20 heavy (non-hydrogen) atoms. The average Bonchev–Trinajstić information content (AvgIpc) is 2.91. The third-order valence-corrected chi connectivity index (χ3v) is 4.94. The van der Waals surface area contributed by atoms with Crippen LogP contribution in [0.3, 0.4) is 0 Å². The monoisotopic (exact) mass is 292 g/mol. The maximum Gasteiger partial charge on any atom is 0.240 e. The zero-order valence-corrected chi connectivity index (χ0v) is 12.1. The van der Waals surface area contributed by atoms with Gasteiger partial charge in [-0.25, -0.2) is 9.97 Å². The predicted octanol–water partition coefficient (Wildman–Crippen LogP) is 0.733. The minimum Gasteiger partial charge on any atom is -0.391 e. The SMILES string of the molecule is Cc1sc2ncnc(N3C[C@@H](O)C[C@@H]3C(N)=O)c2c1C. The second-order valence-corrected chi connectivity index (χ2v) is 6.32. The van der Waals surface area contributed by atoms with Crippen LogP contribution in [0.2, 0.25) is 0 Å². The lowest BCUT2D eigenvalue weighted by Gasteiger charge is -2.23. The number of carbonyl (C=O) groups is 1. The van der Waals surface area contributed by atoms with Crippen molar-refractivity contribution < 1.29 is 9.90 Å². The predicted molar refractivity (Wildman–Crippen MR) is 77.8 cm³/mol. The van der Waals surface area contributed by atoms with Gasteiger partial charge in [-0.05, 0) is 19.4 Å². The summed E-state index contributed by atoms with van der Waals surface area (Å²) in [4.78, 5) is 24.1. The van der Waals surface area contributed by atoms with Gasteiger partial charge in [-0.3, -0.25) is 4.79 Å². The van der Waals surface area contributed by atoms with E-state index in [-0.39, 0.29) is 0 Å². The third kappa shape index (κ3) is 1.94. The Kier molecular flexibility index (Phi) is 3.10. The van der Waals surface area contributed by atoms with E-state index in [0.717, 1.165) is 15.8 Å². The number of fused-ring (bicyclic) bond motifs is 1. The Morgan fingerprint density at radius 2 is 2.25 bits per heavy atom. The standard InChI is InChI=1S/C13H16N4O2S/c1-6-7(2)20-13-10(6)12(15-5-16-13)17-4-8(18)3-9(17)11(14)19/h5,8-9,18H,3-4H2,1-2H3,(H2,14,19)/t8-,9+/m0/s1. The number of amides is 1. The number of hydrogen-bond donors (Lipinski definition) is 2. The minimum absolute atomic E-state index is 0.350. The summed E-state index contributed by atoms with van der Waals surface area (Å²) in [6.07, 6.45) is 1.29. The van der Waals surface area contributed by atoms with Gasteiger partial charge in [0.05, 0.1) is 11.5 Å². The van der Waals surface area contributed by atoms with Crippen LogP contribution in [0, 0.1) is 13.8 Å². The number of nitrogens with two attached hydrogens (primary N) is 1. The largest absolute Gasteiger partial charge is 0.391 e. The van der Waals surface area contributed by atoms with Crippen molar-refractivity contribution in [2.24, 2.45) is 5.73 Å². The highest BCUT2D eigenvalue weighted by Crippen LogP contribution is 2.36. The van der Waals surface area contributed by atoms with Gasteiger partial charge in [0.25, 0.3) is 0 Å². The van der Waals surface area contributed by atoms with Crippen LogP contribution in [0.5, 0.6) is 0 Å². The van der Waals surface area contributed by atoms with Crippen LogP contribution in [0.15, 0.2) is 6.33 Å². The summed E-state index contributed by atoms with van der Waals surface area (Å²) in [5.41, 5.74) is 6.56. The number of nitrogens with zero attached hydrogens (tertiary/aromatic N) is 3. The summed E-state index contributed by atoms with van der Waals surface area (Å²) < 4.78 is 0. The van der Waals surface area contributed by atoms with E-state index in [9.17, 15) is 9.90 Å². The fourth-order valence-electron chi connectivity index (χ4n) is 2.70. The summed E-state index contributed by atoms with van der Waals surface area (Å²) in [5.74, 6) is 0.259. The smallest absolute Gasteiger partial charge is 0.240 e. The van der Waals surface area contributed by atoms with E-state index < -0.39 is 18.1 Å². The van der Waals surface area contributed by atoms with Crippen molar-refractivity contribution in [1.29, 1.82) is 0 Å². The molecule has 2 atom stereocenters. The number of aliphatic hydroxyl groups is 1. The number of anilines is 1. The molecule has 0 aromatic carbocycles.